The van der Waals surface area contributed by atoms with Crippen molar-refractivity contribution in [3.05, 3.63) is 6.54 Å². The van der Waals surface area contributed by atoms with Crippen molar-refractivity contribution in [2.24, 2.45) is 11.5 Å². The number of nitrogens with two attached hydrogens (primary N) is 2. The Balaban J connectivity index is 0. The van der Waals surface area contributed by atoms with Crippen LogP contribution in [0.25, 0.3) is 0 Å². The summed E-state index contributed by atoms with van der Waals surface area (Å²) in [6, 6.07) is 0. The van der Waals surface area contributed by atoms with Gasteiger partial charge in [0.1, 0.15) is 0 Å². The quantitative estimate of drug-likeness (QED) is 0.349. The molecule has 4 N–H and O–H groups in total. The van der Waals surface area contributed by atoms with Crippen LogP contribution in [0.4, 0.5) is 0 Å². The van der Waals surface area contributed by atoms with E-state index in [1.807, 2.05) is 0 Å². The van der Waals surface area contributed by atoms with Crippen LogP contribution in [0.15, 0.2) is 0 Å². The Kier molecular flexibility index (Phi) is 16.0. The second kappa shape index (κ2) is 8.83. The molecule has 0 aliphatic rings. The number of rotatable bonds is 1. The zero-order valence-electron chi connectivity index (χ0n) is 2.74. The SMILES string of the molecule is N[CH-]CN.[Cu+]. The second-order valence-electron chi connectivity index (χ2n) is 0.471. The molecule has 0 atom stereocenters. The van der Waals surface area contributed by atoms with E-state index >= 15 is 0 Å². The van der Waals surface area contributed by atoms with Crippen LogP contribution >= 0.6 is 0 Å². The van der Waals surface area contributed by atoms with E-state index < -0.39 is 0 Å². The summed E-state index contributed by atoms with van der Waals surface area (Å²) in [7, 11) is 0. The largest absolute Gasteiger partial charge is 1.00 e. The van der Waals surface area contributed by atoms with Crippen molar-refractivity contribution < 1.29 is 17.1 Å². The van der Waals surface area contributed by atoms with Gasteiger partial charge in [-0.3, -0.25) is 6.54 Å². The van der Waals surface area contributed by atoms with Gasteiger partial charge >= 0.3 is 17.1 Å². The summed E-state index contributed by atoms with van der Waals surface area (Å²) in [5.41, 5.74) is 9.62. The van der Waals surface area contributed by atoms with Crippen LogP contribution in [0.5, 0.6) is 0 Å². The van der Waals surface area contributed by atoms with Crippen LogP contribution in [-0.2, 0) is 17.1 Å². The normalized spacial score (nSPS) is 6.00. The first-order valence-corrected chi connectivity index (χ1v) is 1.15. The van der Waals surface area contributed by atoms with Crippen LogP contribution in [0.2, 0.25) is 0 Å². The van der Waals surface area contributed by atoms with Crippen LogP contribution in [0.3, 0.4) is 0 Å². The average molecular weight is 123 g/mol. The first-order valence-electron chi connectivity index (χ1n) is 1.15. The maximum atomic E-state index is 4.85. The molecule has 0 aliphatic carbocycles. The Labute approximate surface area is 42.4 Å². The third-order valence-electron chi connectivity index (χ3n) is 0.136. The zero-order chi connectivity index (χ0) is 3.41. The molecular formula is C2H7CuN2. The van der Waals surface area contributed by atoms with Gasteiger partial charge in [-0.1, -0.05) is 0 Å². The first kappa shape index (κ1) is 9.06. The van der Waals surface area contributed by atoms with Crippen molar-refractivity contribution in [1.82, 2.24) is 0 Å². The molecule has 0 saturated heterocycles. The molecule has 0 unspecified atom stereocenters. The van der Waals surface area contributed by atoms with Gasteiger partial charge in [0.2, 0.25) is 0 Å². The fourth-order valence-corrected chi connectivity index (χ4v) is 0. The number of hydrogen-bond acceptors (Lipinski definition) is 2. The molecule has 0 radical (unpaired) electrons. The van der Waals surface area contributed by atoms with Gasteiger partial charge in [0, 0.05) is 0 Å². The van der Waals surface area contributed by atoms with E-state index in [4.69, 9.17) is 11.5 Å². The maximum absolute atomic E-state index is 4.85. The summed E-state index contributed by atoms with van der Waals surface area (Å²) in [5, 5.41) is 0. The molecular weight excluding hydrogens is 116 g/mol. The van der Waals surface area contributed by atoms with E-state index in [0.717, 1.165) is 0 Å². The van der Waals surface area contributed by atoms with E-state index in [-0.39, 0.29) is 17.1 Å². The van der Waals surface area contributed by atoms with E-state index in [0.29, 0.717) is 6.54 Å². The third kappa shape index (κ3) is 12.8. The molecule has 0 bridgehead atoms. The predicted octanol–water partition coefficient (Wildman–Crippen LogP) is -0.937. The molecule has 3 heteroatoms. The molecule has 36 valence electrons. The van der Waals surface area contributed by atoms with E-state index in [1.165, 1.54) is 6.54 Å². The van der Waals surface area contributed by atoms with E-state index in [9.17, 15) is 0 Å². The summed E-state index contributed by atoms with van der Waals surface area (Å²) >= 11 is 0. The molecule has 0 heterocycles. The summed E-state index contributed by atoms with van der Waals surface area (Å²) in [6.45, 7) is 1.88. The average Bonchev–Trinajstić information content (AvgIpc) is 1.37. The van der Waals surface area contributed by atoms with Gasteiger partial charge in [0.05, 0.1) is 0 Å². The molecule has 0 amide bonds. The van der Waals surface area contributed by atoms with Gasteiger partial charge in [-0.25, -0.2) is 0 Å². The van der Waals surface area contributed by atoms with Crippen molar-refractivity contribution in [2.45, 2.75) is 0 Å². The Bertz CT molecular complexity index is 9.61. The molecule has 0 aromatic rings. The molecule has 0 aliphatic heterocycles. The Morgan fingerprint density at radius 2 is 1.80 bits per heavy atom. The topological polar surface area (TPSA) is 52.0 Å². The van der Waals surface area contributed by atoms with Crippen molar-refractivity contribution in [3.63, 3.8) is 0 Å². The summed E-state index contributed by atoms with van der Waals surface area (Å²) in [5.74, 6) is 0. The van der Waals surface area contributed by atoms with Gasteiger partial charge in [-0.15, -0.1) is 6.54 Å². The molecule has 5 heavy (non-hydrogen) atoms. The molecule has 0 aromatic carbocycles. The second-order valence-corrected chi connectivity index (χ2v) is 0.471. The van der Waals surface area contributed by atoms with Crippen molar-refractivity contribution >= 4 is 0 Å². The third-order valence-corrected chi connectivity index (χ3v) is 0.136. The molecule has 0 fully saturated rings. The van der Waals surface area contributed by atoms with Gasteiger partial charge in [0.25, 0.3) is 0 Å². The van der Waals surface area contributed by atoms with Crippen LogP contribution in [-0.4, -0.2) is 6.54 Å². The summed E-state index contributed by atoms with van der Waals surface area (Å²) in [4.78, 5) is 0. The summed E-state index contributed by atoms with van der Waals surface area (Å²) in [6.07, 6.45) is 0. The molecule has 0 spiro atoms. The Morgan fingerprint density at radius 3 is 1.80 bits per heavy atom. The van der Waals surface area contributed by atoms with Crippen LogP contribution in [0, 0.1) is 6.54 Å². The Hall–Kier alpha value is 0.439. The maximum Gasteiger partial charge on any atom is 1.00 e. The minimum atomic E-state index is 0. The van der Waals surface area contributed by atoms with Crippen LogP contribution in [0.1, 0.15) is 0 Å². The van der Waals surface area contributed by atoms with Crippen LogP contribution < -0.4 is 11.5 Å². The van der Waals surface area contributed by atoms with Crippen molar-refractivity contribution in [1.29, 1.82) is 0 Å². The molecule has 2 nitrogen and oxygen atoms in total. The fraction of sp³-hybridized carbons (Fsp3) is 0.500. The van der Waals surface area contributed by atoms with Gasteiger partial charge in [0.15, 0.2) is 0 Å². The smallest absolute Gasteiger partial charge is 0.482 e. The Morgan fingerprint density at radius 1 is 1.60 bits per heavy atom. The minimum Gasteiger partial charge on any atom is -0.482 e. The zero-order valence-corrected chi connectivity index (χ0v) is 3.68. The van der Waals surface area contributed by atoms with Crippen molar-refractivity contribution in [2.75, 3.05) is 6.54 Å². The first-order chi connectivity index (χ1) is 1.91. The van der Waals surface area contributed by atoms with Gasteiger partial charge in [-0.2, -0.15) is 0 Å². The summed E-state index contributed by atoms with van der Waals surface area (Å²) < 4.78 is 0. The molecule has 0 rings (SSSR count). The fourth-order valence-electron chi connectivity index (χ4n) is 0. The monoisotopic (exact) mass is 122 g/mol. The van der Waals surface area contributed by atoms with E-state index in [1.54, 1.807) is 0 Å². The van der Waals surface area contributed by atoms with Crippen molar-refractivity contribution in [3.8, 4) is 0 Å². The standard InChI is InChI=1S/C2H7N2.Cu/c3-1-2-4;/h1H,2-4H2;/q-1;+1. The van der Waals surface area contributed by atoms with Gasteiger partial charge < -0.3 is 11.5 Å². The minimum absolute atomic E-state index is 0. The number of hydrogen-bond donors (Lipinski definition) is 2. The molecule has 0 aromatic heterocycles. The van der Waals surface area contributed by atoms with E-state index in [2.05, 4.69) is 0 Å². The van der Waals surface area contributed by atoms with Gasteiger partial charge in [-0.05, 0) is 0 Å². The predicted molar refractivity (Wildman–Crippen MR) is 17.5 cm³/mol. The molecule has 0 saturated carbocycles.